The summed E-state index contributed by atoms with van der Waals surface area (Å²) in [5.41, 5.74) is 9.29. The number of hydrogen-bond acceptors (Lipinski definition) is 5. The summed E-state index contributed by atoms with van der Waals surface area (Å²) in [7, 11) is 1.76. The molecule has 176 valence electrons. The number of amides is 2. The zero-order chi connectivity index (χ0) is 23.6. The highest BCUT2D eigenvalue weighted by Crippen LogP contribution is 2.50. The monoisotopic (exact) mass is 453 g/mol. The number of nitrogens with zero attached hydrogens (tertiary/aromatic N) is 1. The van der Waals surface area contributed by atoms with E-state index in [4.69, 9.17) is 5.73 Å². The fraction of sp³-hybridized carbons (Fsp3) is 0.440. The summed E-state index contributed by atoms with van der Waals surface area (Å²) in [6.45, 7) is 3.02. The Balaban J connectivity index is 1.45. The maximum atomic E-state index is 14.2. The molecule has 0 bridgehead atoms. The minimum atomic E-state index is -0.604. The topological polar surface area (TPSA) is 99.5 Å². The van der Waals surface area contributed by atoms with Crippen molar-refractivity contribution in [2.24, 2.45) is 11.1 Å². The molecule has 1 spiro atoms. The second-order valence-corrected chi connectivity index (χ2v) is 9.11. The number of halogens is 1. The number of benzene rings is 1. The van der Waals surface area contributed by atoms with E-state index in [0.717, 1.165) is 42.7 Å². The maximum absolute atomic E-state index is 14.2. The predicted molar refractivity (Wildman–Crippen MR) is 126 cm³/mol. The molecule has 2 aliphatic heterocycles. The van der Waals surface area contributed by atoms with Gasteiger partial charge in [0.25, 0.3) is 0 Å². The summed E-state index contributed by atoms with van der Waals surface area (Å²) in [6, 6.07) is 4.04. The Kier molecular flexibility index (Phi) is 6.56. The minimum Gasteiger partial charge on any atom is -0.394 e. The maximum Gasteiger partial charge on any atom is 0.246 e. The van der Waals surface area contributed by atoms with Crippen LogP contribution in [0.25, 0.3) is 5.57 Å². The number of hydrogen-bond donors (Lipinski definition) is 4. The predicted octanol–water partition coefficient (Wildman–Crippen LogP) is 2.12. The van der Waals surface area contributed by atoms with Gasteiger partial charge >= 0.3 is 0 Å². The highest BCUT2D eigenvalue weighted by Gasteiger charge is 2.51. The molecule has 1 aromatic carbocycles. The van der Waals surface area contributed by atoms with E-state index in [0.29, 0.717) is 17.7 Å². The van der Waals surface area contributed by atoms with Crippen molar-refractivity contribution in [2.45, 2.75) is 45.2 Å². The van der Waals surface area contributed by atoms with E-state index < -0.39 is 6.04 Å². The molecule has 1 saturated carbocycles. The van der Waals surface area contributed by atoms with Crippen LogP contribution in [0.4, 0.5) is 4.39 Å². The van der Waals surface area contributed by atoms with E-state index in [-0.39, 0.29) is 36.1 Å². The van der Waals surface area contributed by atoms with Gasteiger partial charge in [0.15, 0.2) is 0 Å². The number of dihydropyridines is 1. The molecule has 4 rings (SSSR count). The Hall–Kier alpha value is -3.13. The third-order valence-electron chi connectivity index (χ3n) is 6.84. The van der Waals surface area contributed by atoms with Crippen LogP contribution in [0.1, 0.15) is 43.7 Å². The molecule has 0 aromatic heterocycles. The molecule has 2 fully saturated rings. The SMILES string of the molecule is CN/C=C(\CN)c1cc(F)cc(CNC(=O)C2C=C(N3CCC4(CCC4)C3=O)C=C(C)N2)c1. The average molecular weight is 454 g/mol. The summed E-state index contributed by atoms with van der Waals surface area (Å²) in [5.74, 6) is -0.440. The van der Waals surface area contributed by atoms with Gasteiger partial charge in [-0.05, 0) is 73.2 Å². The molecule has 0 radical (unpaired) electrons. The zero-order valence-electron chi connectivity index (χ0n) is 19.2. The minimum absolute atomic E-state index is 0.176. The highest BCUT2D eigenvalue weighted by atomic mass is 19.1. The molecule has 1 atom stereocenters. The van der Waals surface area contributed by atoms with Crippen molar-refractivity contribution in [3.63, 3.8) is 0 Å². The van der Waals surface area contributed by atoms with Crippen molar-refractivity contribution in [2.75, 3.05) is 20.1 Å². The number of likely N-dealkylation sites (tertiary alicyclic amines) is 1. The van der Waals surface area contributed by atoms with Gasteiger partial charge in [-0.25, -0.2) is 4.39 Å². The first kappa shape index (κ1) is 23.0. The summed E-state index contributed by atoms with van der Waals surface area (Å²) in [6.07, 6.45) is 9.38. The van der Waals surface area contributed by atoms with Crippen LogP contribution in [0.5, 0.6) is 0 Å². The third kappa shape index (κ3) is 4.66. The van der Waals surface area contributed by atoms with Crippen molar-refractivity contribution in [1.82, 2.24) is 20.9 Å². The molecular formula is C25H32FN5O2. The second kappa shape index (κ2) is 9.39. The largest absolute Gasteiger partial charge is 0.394 e. The Morgan fingerprint density at radius 1 is 1.33 bits per heavy atom. The van der Waals surface area contributed by atoms with E-state index >= 15 is 0 Å². The van der Waals surface area contributed by atoms with Crippen LogP contribution in [0.3, 0.4) is 0 Å². The van der Waals surface area contributed by atoms with Gasteiger partial charge in [0.2, 0.25) is 11.8 Å². The molecule has 7 nitrogen and oxygen atoms in total. The molecular weight excluding hydrogens is 421 g/mol. The van der Waals surface area contributed by atoms with Gasteiger partial charge in [0.1, 0.15) is 11.9 Å². The Bertz CT molecular complexity index is 1040. The van der Waals surface area contributed by atoms with E-state index in [9.17, 15) is 14.0 Å². The quantitative estimate of drug-likeness (QED) is 0.507. The number of nitrogens with two attached hydrogens (primary N) is 1. The molecule has 1 unspecified atom stereocenters. The molecule has 2 amide bonds. The Morgan fingerprint density at radius 2 is 2.12 bits per heavy atom. The Morgan fingerprint density at radius 3 is 2.76 bits per heavy atom. The smallest absolute Gasteiger partial charge is 0.246 e. The van der Waals surface area contributed by atoms with E-state index in [1.165, 1.54) is 12.1 Å². The average Bonchev–Trinajstić information content (AvgIpc) is 3.12. The van der Waals surface area contributed by atoms with Gasteiger partial charge in [-0.3, -0.25) is 9.59 Å². The van der Waals surface area contributed by atoms with Crippen LogP contribution in [-0.2, 0) is 16.1 Å². The summed E-state index contributed by atoms with van der Waals surface area (Å²) in [5, 5.41) is 8.96. The molecule has 3 aliphatic rings. The fourth-order valence-corrected chi connectivity index (χ4v) is 4.88. The number of nitrogens with one attached hydrogen (secondary N) is 3. The lowest BCUT2D eigenvalue weighted by molar-refractivity contribution is -0.138. The molecule has 1 saturated heterocycles. The molecule has 1 aliphatic carbocycles. The first-order valence-electron chi connectivity index (χ1n) is 11.5. The summed E-state index contributed by atoms with van der Waals surface area (Å²) < 4.78 is 14.2. The number of allylic oxidation sites excluding steroid dienone is 2. The van der Waals surface area contributed by atoms with Crippen LogP contribution in [0, 0.1) is 11.2 Å². The number of carbonyl (C=O) groups is 2. The van der Waals surface area contributed by atoms with Crippen LogP contribution >= 0.6 is 0 Å². The normalized spacial score (nSPS) is 21.8. The van der Waals surface area contributed by atoms with Crippen LogP contribution < -0.4 is 21.7 Å². The molecule has 5 N–H and O–H groups in total. The number of rotatable bonds is 7. The summed E-state index contributed by atoms with van der Waals surface area (Å²) in [4.78, 5) is 27.7. The fourth-order valence-electron chi connectivity index (χ4n) is 4.88. The summed E-state index contributed by atoms with van der Waals surface area (Å²) >= 11 is 0. The van der Waals surface area contributed by atoms with Gasteiger partial charge in [0.05, 0.1) is 5.41 Å². The second-order valence-electron chi connectivity index (χ2n) is 9.11. The van der Waals surface area contributed by atoms with E-state index in [2.05, 4.69) is 16.0 Å². The van der Waals surface area contributed by atoms with Crippen molar-refractivity contribution >= 4 is 17.4 Å². The third-order valence-corrected chi connectivity index (χ3v) is 6.84. The zero-order valence-corrected chi connectivity index (χ0v) is 19.2. The lowest BCUT2D eigenvalue weighted by Crippen LogP contribution is -2.45. The van der Waals surface area contributed by atoms with Crippen LogP contribution in [0.2, 0.25) is 0 Å². The van der Waals surface area contributed by atoms with Crippen LogP contribution in [-0.4, -0.2) is 42.9 Å². The van der Waals surface area contributed by atoms with Gasteiger partial charge in [-0.2, -0.15) is 0 Å². The highest BCUT2D eigenvalue weighted by molar-refractivity contribution is 5.89. The lowest BCUT2D eigenvalue weighted by atomic mass is 9.68. The first-order chi connectivity index (χ1) is 15.8. The lowest BCUT2D eigenvalue weighted by Gasteiger charge is -2.36. The van der Waals surface area contributed by atoms with Gasteiger partial charge in [0, 0.05) is 44.3 Å². The van der Waals surface area contributed by atoms with E-state index in [1.807, 2.05) is 24.0 Å². The molecule has 33 heavy (non-hydrogen) atoms. The number of carbonyl (C=O) groups excluding carboxylic acids is 2. The van der Waals surface area contributed by atoms with Gasteiger partial charge < -0.3 is 26.6 Å². The van der Waals surface area contributed by atoms with E-state index in [1.54, 1.807) is 19.3 Å². The van der Waals surface area contributed by atoms with Crippen molar-refractivity contribution in [3.05, 3.63) is 64.9 Å². The van der Waals surface area contributed by atoms with Crippen molar-refractivity contribution in [3.8, 4) is 0 Å². The van der Waals surface area contributed by atoms with Gasteiger partial charge in [-0.15, -0.1) is 0 Å². The molecule has 8 heteroatoms. The van der Waals surface area contributed by atoms with Crippen molar-refractivity contribution < 1.29 is 14.0 Å². The molecule has 1 aromatic rings. The van der Waals surface area contributed by atoms with Gasteiger partial charge in [-0.1, -0.05) is 6.42 Å². The standard InChI is InChI=1S/C25H32FN5O2/c1-16-8-21(31-7-6-25(24(31)33)4-3-5-25)12-22(30-16)23(32)29-14-17-9-18(11-20(26)10-17)19(13-27)15-28-2/h8-12,15,22,28,30H,3-7,13-14,27H2,1-2H3,(H,29,32)/b19-15+. The first-order valence-corrected chi connectivity index (χ1v) is 11.5. The Labute approximate surface area is 194 Å². The van der Waals surface area contributed by atoms with Crippen molar-refractivity contribution in [1.29, 1.82) is 0 Å². The molecule has 2 heterocycles. The van der Waals surface area contributed by atoms with Crippen LogP contribution in [0.15, 0.2) is 47.9 Å².